The predicted molar refractivity (Wildman–Crippen MR) is 122 cm³/mol. The summed E-state index contributed by atoms with van der Waals surface area (Å²) in [4.78, 5) is 30.4. The van der Waals surface area contributed by atoms with E-state index in [9.17, 15) is 35.9 Å². The number of thioether (sulfide) groups is 2. The fraction of sp³-hybridized carbons (Fsp3) is 0.227. The molecule has 0 saturated heterocycles. The number of aryl methyl sites for hydroxylation is 1. The third kappa shape index (κ3) is 6.16. The van der Waals surface area contributed by atoms with Crippen LogP contribution in [0.4, 0.5) is 32.0 Å². The lowest BCUT2D eigenvalue weighted by atomic mass is 10.2. The van der Waals surface area contributed by atoms with Crippen molar-refractivity contribution < 1.29 is 35.9 Å². The SMILES string of the molecule is O=C(CSc1nc2c(c(=O)n1-c1ccc(OC(F)(F)F)cc1)SCC2)Nc1ccc(C(F)(F)F)cc1. The maximum atomic E-state index is 13.1. The van der Waals surface area contributed by atoms with E-state index in [1.165, 1.54) is 28.5 Å². The first kappa shape index (κ1) is 25.9. The van der Waals surface area contributed by atoms with E-state index in [0.29, 0.717) is 22.8 Å². The molecule has 1 aliphatic heterocycles. The molecule has 0 fully saturated rings. The fourth-order valence-corrected chi connectivity index (χ4v) is 5.14. The second kappa shape index (κ2) is 10.1. The van der Waals surface area contributed by atoms with Gasteiger partial charge in [0.2, 0.25) is 5.91 Å². The number of nitrogens with one attached hydrogen (secondary N) is 1. The van der Waals surface area contributed by atoms with Crippen molar-refractivity contribution in [1.82, 2.24) is 9.55 Å². The molecule has 6 nitrogen and oxygen atoms in total. The van der Waals surface area contributed by atoms with Crippen molar-refractivity contribution in [2.24, 2.45) is 0 Å². The van der Waals surface area contributed by atoms with Gasteiger partial charge in [-0.25, -0.2) is 4.98 Å². The van der Waals surface area contributed by atoms with Crippen LogP contribution >= 0.6 is 23.5 Å². The van der Waals surface area contributed by atoms with Crippen LogP contribution in [-0.2, 0) is 17.4 Å². The molecular weight excluding hydrogens is 532 g/mol. The van der Waals surface area contributed by atoms with Gasteiger partial charge in [0.25, 0.3) is 5.56 Å². The van der Waals surface area contributed by atoms with Gasteiger partial charge in [-0.05, 0) is 48.5 Å². The number of amides is 1. The number of rotatable bonds is 6. The highest BCUT2D eigenvalue weighted by Crippen LogP contribution is 2.32. The molecule has 1 N–H and O–H groups in total. The Hall–Kier alpha value is -3.13. The number of aromatic nitrogens is 2. The second-order valence-corrected chi connectivity index (χ2v) is 9.41. The number of ether oxygens (including phenoxy) is 1. The maximum absolute atomic E-state index is 13.1. The maximum Gasteiger partial charge on any atom is 0.573 e. The molecule has 1 amide bonds. The predicted octanol–water partition coefficient (Wildman–Crippen LogP) is 5.53. The molecule has 0 bridgehead atoms. The van der Waals surface area contributed by atoms with Gasteiger partial charge in [-0.15, -0.1) is 24.9 Å². The molecule has 0 radical (unpaired) electrons. The summed E-state index contributed by atoms with van der Waals surface area (Å²) in [5, 5.41) is 2.62. The average Bonchev–Trinajstić information content (AvgIpc) is 3.26. The van der Waals surface area contributed by atoms with E-state index in [0.717, 1.165) is 48.2 Å². The van der Waals surface area contributed by atoms with Gasteiger partial charge in [-0.1, -0.05) is 11.8 Å². The molecule has 3 aromatic rings. The Balaban J connectivity index is 1.54. The average molecular weight is 548 g/mol. The van der Waals surface area contributed by atoms with Crippen LogP contribution in [0.3, 0.4) is 0 Å². The number of nitrogens with zero attached hydrogens (tertiary/aromatic N) is 2. The fourth-order valence-electron chi connectivity index (χ4n) is 3.28. The minimum atomic E-state index is -4.87. The van der Waals surface area contributed by atoms with Crippen LogP contribution in [0.2, 0.25) is 0 Å². The lowest BCUT2D eigenvalue weighted by Gasteiger charge is -2.15. The van der Waals surface area contributed by atoms with Crippen molar-refractivity contribution in [3.8, 4) is 11.4 Å². The summed E-state index contributed by atoms with van der Waals surface area (Å²) >= 11 is 2.22. The molecular formula is C22H15F6N3O3S2. The minimum absolute atomic E-state index is 0.147. The number of fused-ring (bicyclic) bond motifs is 1. The van der Waals surface area contributed by atoms with Crippen molar-refractivity contribution in [3.63, 3.8) is 0 Å². The Morgan fingerprint density at radius 2 is 1.72 bits per heavy atom. The van der Waals surface area contributed by atoms with Gasteiger partial charge in [0.05, 0.1) is 27.6 Å². The van der Waals surface area contributed by atoms with Gasteiger partial charge in [-0.2, -0.15) is 13.2 Å². The van der Waals surface area contributed by atoms with Crippen molar-refractivity contribution >= 4 is 35.1 Å². The molecule has 0 unspecified atom stereocenters. The zero-order valence-electron chi connectivity index (χ0n) is 17.9. The molecule has 36 heavy (non-hydrogen) atoms. The molecule has 2 heterocycles. The Bertz CT molecular complexity index is 1320. The van der Waals surface area contributed by atoms with E-state index >= 15 is 0 Å². The van der Waals surface area contributed by atoms with Gasteiger partial charge >= 0.3 is 12.5 Å². The number of benzene rings is 2. The Morgan fingerprint density at radius 3 is 2.33 bits per heavy atom. The van der Waals surface area contributed by atoms with E-state index < -0.39 is 35.3 Å². The summed E-state index contributed by atoms with van der Waals surface area (Å²) < 4.78 is 80.6. The third-order valence-electron chi connectivity index (χ3n) is 4.82. The van der Waals surface area contributed by atoms with Gasteiger partial charge in [0.15, 0.2) is 5.16 Å². The molecule has 0 aliphatic carbocycles. The number of carbonyl (C=O) groups excluding carboxylic acids is 1. The quantitative estimate of drug-likeness (QED) is 0.249. The first-order chi connectivity index (χ1) is 16.9. The zero-order chi connectivity index (χ0) is 26.1. The molecule has 2 aromatic carbocycles. The van der Waals surface area contributed by atoms with Gasteiger partial charge in [-0.3, -0.25) is 14.2 Å². The van der Waals surface area contributed by atoms with Crippen LogP contribution in [0.15, 0.2) is 63.4 Å². The zero-order valence-corrected chi connectivity index (χ0v) is 19.6. The number of hydrogen-bond acceptors (Lipinski definition) is 6. The first-order valence-electron chi connectivity index (χ1n) is 10.2. The van der Waals surface area contributed by atoms with E-state index in [4.69, 9.17) is 0 Å². The number of anilines is 1. The molecule has 0 saturated carbocycles. The lowest BCUT2D eigenvalue weighted by molar-refractivity contribution is -0.274. The highest BCUT2D eigenvalue weighted by Gasteiger charge is 2.31. The molecule has 14 heteroatoms. The van der Waals surface area contributed by atoms with Gasteiger partial charge < -0.3 is 10.1 Å². The van der Waals surface area contributed by atoms with Gasteiger partial charge in [0, 0.05) is 17.9 Å². The smallest absolute Gasteiger partial charge is 0.406 e. The summed E-state index contributed by atoms with van der Waals surface area (Å²) in [6.45, 7) is 0. The first-order valence-corrected chi connectivity index (χ1v) is 12.1. The molecule has 1 aromatic heterocycles. The standard InChI is InChI=1S/C22H15F6N3O3S2/c23-21(24,25)12-1-3-13(4-2-12)29-17(32)11-36-20-30-16-9-10-35-18(16)19(33)31(20)14-5-7-15(8-6-14)34-22(26,27)28/h1-8H,9-11H2,(H,29,32). The molecule has 0 atom stereocenters. The van der Waals surface area contributed by atoms with E-state index in [2.05, 4.69) is 15.0 Å². The van der Waals surface area contributed by atoms with E-state index in [1.54, 1.807) is 0 Å². The normalized spacial score (nSPS) is 13.4. The monoisotopic (exact) mass is 547 g/mol. The Kier molecular flexibility index (Phi) is 7.27. The number of halogens is 6. The number of carbonyl (C=O) groups is 1. The van der Waals surface area contributed by atoms with Crippen LogP contribution in [0.25, 0.3) is 5.69 Å². The highest BCUT2D eigenvalue weighted by molar-refractivity contribution is 8.00. The number of hydrogen-bond donors (Lipinski definition) is 1. The van der Waals surface area contributed by atoms with Crippen LogP contribution in [0.5, 0.6) is 5.75 Å². The summed E-state index contributed by atoms with van der Waals surface area (Å²) in [5.74, 6) is -0.607. The lowest BCUT2D eigenvalue weighted by Crippen LogP contribution is -2.24. The molecule has 0 spiro atoms. The Morgan fingerprint density at radius 1 is 1.06 bits per heavy atom. The largest absolute Gasteiger partial charge is 0.573 e. The third-order valence-corrected chi connectivity index (χ3v) is 6.87. The molecule has 190 valence electrons. The summed E-state index contributed by atoms with van der Waals surface area (Å²) in [7, 11) is 0. The van der Waals surface area contributed by atoms with Crippen molar-refractivity contribution in [3.05, 3.63) is 70.1 Å². The summed E-state index contributed by atoms with van der Waals surface area (Å²) in [6, 6.07) is 8.57. The molecule has 1 aliphatic rings. The van der Waals surface area contributed by atoms with Crippen LogP contribution in [-0.4, -0.2) is 33.3 Å². The minimum Gasteiger partial charge on any atom is -0.406 e. The summed E-state index contributed by atoms with van der Waals surface area (Å²) in [6.07, 6.45) is -8.83. The highest BCUT2D eigenvalue weighted by atomic mass is 32.2. The van der Waals surface area contributed by atoms with Crippen molar-refractivity contribution in [2.75, 3.05) is 16.8 Å². The summed E-state index contributed by atoms with van der Waals surface area (Å²) in [5.41, 5.74) is -0.333. The van der Waals surface area contributed by atoms with Crippen LogP contribution < -0.4 is 15.6 Å². The number of alkyl halides is 6. The van der Waals surface area contributed by atoms with E-state index in [-0.39, 0.29) is 22.3 Å². The topological polar surface area (TPSA) is 73.2 Å². The molecule has 4 rings (SSSR count). The van der Waals surface area contributed by atoms with Crippen molar-refractivity contribution in [2.45, 2.75) is 29.0 Å². The van der Waals surface area contributed by atoms with Crippen molar-refractivity contribution in [1.29, 1.82) is 0 Å². The van der Waals surface area contributed by atoms with E-state index in [1.807, 2.05) is 0 Å². The van der Waals surface area contributed by atoms with Gasteiger partial charge in [0.1, 0.15) is 5.75 Å². The van der Waals surface area contributed by atoms with Crippen LogP contribution in [0, 0.1) is 0 Å². The Labute approximate surface area is 208 Å². The second-order valence-electron chi connectivity index (χ2n) is 7.36. The van der Waals surface area contributed by atoms with Crippen LogP contribution in [0.1, 0.15) is 11.3 Å².